The van der Waals surface area contributed by atoms with Crippen LogP contribution in [0.5, 0.6) is 0 Å². The molecule has 1 N–H and O–H groups in total. The number of methoxy groups -OCH3 is 1. The number of ether oxygens (including phenoxy) is 1. The smallest absolute Gasteiger partial charge is 0.324 e. The van der Waals surface area contributed by atoms with E-state index in [0.29, 0.717) is 26.2 Å². The molecular formula is C17H24N2O3. The normalized spacial score (nSPS) is 11.9. The molecule has 120 valence electrons. The molecule has 1 aromatic carbocycles. The number of hydrogen-bond acceptors (Lipinski definition) is 5. The summed E-state index contributed by atoms with van der Waals surface area (Å²) in [6, 6.07) is 9.34. The monoisotopic (exact) mass is 304 g/mol. The fourth-order valence-electron chi connectivity index (χ4n) is 2.00. The van der Waals surface area contributed by atoms with Gasteiger partial charge in [-0.1, -0.05) is 42.5 Å². The molecule has 0 fully saturated rings. The van der Waals surface area contributed by atoms with Crippen LogP contribution in [0.25, 0.3) is 0 Å². The van der Waals surface area contributed by atoms with Gasteiger partial charge in [-0.2, -0.15) is 5.48 Å². The maximum Gasteiger partial charge on any atom is 0.324 e. The second kappa shape index (κ2) is 10.7. The molecule has 1 unspecified atom stereocenters. The van der Waals surface area contributed by atoms with Crippen molar-refractivity contribution in [1.29, 1.82) is 0 Å². The van der Waals surface area contributed by atoms with E-state index < -0.39 is 6.04 Å². The van der Waals surface area contributed by atoms with Gasteiger partial charge in [-0.25, -0.2) is 0 Å². The minimum atomic E-state index is -0.461. The van der Waals surface area contributed by atoms with Crippen LogP contribution in [0.4, 0.5) is 0 Å². The highest BCUT2D eigenvalue weighted by atomic mass is 16.6. The largest absolute Gasteiger partial charge is 0.468 e. The second-order valence-corrected chi connectivity index (χ2v) is 4.69. The van der Waals surface area contributed by atoms with Crippen molar-refractivity contribution in [3.05, 3.63) is 61.2 Å². The third-order valence-electron chi connectivity index (χ3n) is 3.10. The lowest BCUT2D eigenvalue weighted by Gasteiger charge is -2.27. The van der Waals surface area contributed by atoms with Gasteiger partial charge in [0.2, 0.25) is 0 Å². The summed E-state index contributed by atoms with van der Waals surface area (Å²) in [4.78, 5) is 19.3. The molecule has 1 rings (SSSR count). The molecule has 5 nitrogen and oxygen atoms in total. The third-order valence-corrected chi connectivity index (χ3v) is 3.10. The van der Waals surface area contributed by atoms with Crippen LogP contribution >= 0.6 is 0 Å². The lowest BCUT2D eigenvalue weighted by atomic mass is 10.2. The summed E-state index contributed by atoms with van der Waals surface area (Å²) in [6.07, 6.45) is 3.48. The number of esters is 1. The summed E-state index contributed by atoms with van der Waals surface area (Å²) in [7, 11) is 1.38. The quantitative estimate of drug-likeness (QED) is 0.293. The van der Waals surface area contributed by atoms with Crippen LogP contribution in [0.1, 0.15) is 5.56 Å². The fraction of sp³-hybridized carbons (Fsp3) is 0.353. The van der Waals surface area contributed by atoms with E-state index in [-0.39, 0.29) is 5.97 Å². The van der Waals surface area contributed by atoms with Gasteiger partial charge in [0.1, 0.15) is 6.04 Å². The van der Waals surface area contributed by atoms with Crippen molar-refractivity contribution >= 4 is 5.97 Å². The van der Waals surface area contributed by atoms with E-state index in [9.17, 15) is 4.79 Å². The molecule has 0 heterocycles. The Bertz CT molecular complexity index is 452. The Labute approximate surface area is 132 Å². The standard InChI is InChI=1S/C17H24N2O3/c1-4-11-19(12-5-2)16(17(20)21-3)13-18-22-14-15-9-7-6-8-10-15/h4-10,16,18H,1-2,11-14H2,3H3. The minimum absolute atomic E-state index is 0.320. The average molecular weight is 304 g/mol. The zero-order chi connectivity index (χ0) is 16.2. The number of nitrogens with zero attached hydrogens (tertiary/aromatic N) is 1. The molecule has 1 aromatic rings. The SMILES string of the molecule is C=CCN(CC=C)C(CNOCc1ccccc1)C(=O)OC. The molecule has 0 bridgehead atoms. The van der Waals surface area contributed by atoms with Gasteiger partial charge in [0, 0.05) is 19.6 Å². The van der Waals surface area contributed by atoms with E-state index in [4.69, 9.17) is 9.57 Å². The number of hydroxylamine groups is 1. The lowest BCUT2D eigenvalue weighted by molar-refractivity contribution is -0.147. The Balaban J connectivity index is 2.51. The van der Waals surface area contributed by atoms with Gasteiger partial charge in [-0.05, 0) is 5.56 Å². The number of rotatable bonds is 11. The molecule has 0 spiro atoms. The van der Waals surface area contributed by atoms with Crippen LogP contribution in [-0.4, -0.2) is 43.7 Å². The van der Waals surface area contributed by atoms with E-state index in [2.05, 4.69) is 18.6 Å². The summed E-state index contributed by atoms with van der Waals surface area (Å²) >= 11 is 0. The zero-order valence-corrected chi connectivity index (χ0v) is 13.0. The number of hydrogen-bond donors (Lipinski definition) is 1. The van der Waals surface area contributed by atoms with Crippen molar-refractivity contribution in [3.8, 4) is 0 Å². The summed E-state index contributed by atoms with van der Waals surface area (Å²) in [6.45, 7) is 9.29. The number of carbonyl (C=O) groups excluding carboxylic acids is 1. The minimum Gasteiger partial charge on any atom is -0.468 e. The molecule has 0 saturated carbocycles. The Morgan fingerprint density at radius 3 is 2.45 bits per heavy atom. The van der Waals surface area contributed by atoms with Crippen LogP contribution in [-0.2, 0) is 21.0 Å². The molecule has 0 aliphatic carbocycles. The summed E-state index contributed by atoms with van der Waals surface area (Å²) in [5, 5.41) is 0. The summed E-state index contributed by atoms with van der Waals surface area (Å²) in [5.41, 5.74) is 3.89. The predicted octanol–water partition coefficient (Wildman–Crippen LogP) is 1.92. The maximum atomic E-state index is 11.9. The van der Waals surface area contributed by atoms with Crippen molar-refractivity contribution in [2.24, 2.45) is 0 Å². The van der Waals surface area contributed by atoms with Gasteiger partial charge in [-0.15, -0.1) is 13.2 Å². The summed E-state index contributed by atoms with van der Waals surface area (Å²) < 4.78 is 4.86. The van der Waals surface area contributed by atoms with Gasteiger partial charge >= 0.3 is 5.97 Å². The first kappa shape index (κ1) is 18.1. The van der Waals surface area contributed by atoms with Crippen LogP contribution in [0.2, 0.25) is 0 Å². The number of benzene rings is 1. The van der Waals surface area contributed by atoms with Crippen molar-refractivity contribution in [1.82, 2.24) is 10.4 Å². The first-order chi connectivity index (χ1) is 10.7. The highest BCUT2D eigenvalue weighted by Crippen LogP contribution is 2.03. The molecular weight excluding hydrogens is 280 g/mol. The van der Waals surface area contributed by atoms with Gasteiger partial charge in [0.15, 0.2) is 0 Å². The van der Waals surface area contributed by atoms with Crippen LogP contribution in [0.15, 0.2) is 55.6 Å². The topological polar surface area (TPSA) is 50.8 Å². The zero-order valence-electron chi connectivity index (χ0n) is 13.0. The highest BCUT2D eigenvalue weighted by molar-refractivity contribution is 5.76. The molecule has 0 saturated heterocycles. The van der Waals surface area contributed by atoms with Crippen molar-refractivity contribution in [2.45, 2.75) is 12.6 Å². The molecule has 1 atom stereocenters. The molecule has 0 amide bonds. The molecule has 0 aliphatic rings. The highest BCUT2D eigenvalue weighted by Gasteiger charge is 2.25. The molecule has 22 heavy (non-hydrogen) atoms. The number of carbonyl (C=O) groups is 1. The Morgan fingerprint density at radius 1 is 1.27 bits per heavy atom. The van der Waals surface area contributed by atoms with Gasteiger partial charge in [-0.3, -0.25) is 14.5 Å². The van der Waals surface area contributed by atoms with E-state index in [1.165, 1.54) is 7.11 Å². The van der Waals surface area contributed by atoms with Crippen molar-refractivity contribution in [3.63, 3.8) is 0 Å². The Hall–Kier alpha value is -1.95. The van der Waals surface area contributed by atoms with E-state index in [0.717, 1.165) is 5.56 Å². The first-order valence-electron chi connectivity index (χ1n) is 7.15. The molecule has 5 heteroatoms. The van der Waals surface area contributed by atoms with Gasteiger partial charge in [0.25, 0.3) is 0 Å². The lowest BCUT2D eigenvalue weighted by Crippen LogP contribution is -2.48. The molecule has 0 aromatic heterocycles. The van der Waals surface area contributed by atoms with Crippen LogP contribution in [0, 0.1) is 0 Å². The Morgan fingerprint density at radius 2 is 1.91 bits per heavy atom. The number of nitrogens with one attached hydrogen (secondary N) is 1. The third kappa shape index (κ3) is 6.22. The van der Waals surface area contributed by atoms with Gasteiger partial charge in [0.05, 0.1) is 13.7 Å². The van der Waals surface area contributed by atoms with E-state index in [1.807, 2.05) is 35.2 Å². The average Bonchev–Trinajstić information content (AvgIpc) is 2.55. The van der Waals surface area contributed by atoms with Crippen molar-refractivity contribution in [2.75, 3.05) is 26.7 Å². The van der Waals surface area contributed by atoms with E-state index >= 15 is 0 Å². The van der Waals surface area contributed by atoms with Crippen LogP contribution in [0.3, 0.4) is 0 Å². The predicted molar refractivity (Wildman–Crippen MR) is 87.0 cm³/mol. The first-order valence-corrected chi connectivity index (χ1v) is 7.15. The molecule has 0 radical (unpaired) electrons. The Kier molecular flexibility index (Phi) is 8.83. The van der Waals surface area contributed by atoms with Crippen molar-refractivity contribution < 1.29 is 14.4 Å². The summed E-state index contributed by atoms with van der Waals surface area (Å²) in [5.74, 6) is -0.320. The maximum absolute atomic E-state index is 11.9. The van der Waals surface area contributed by atoms with Gasteiger partial charge < -0.3 is 4.74 Å². The van der Waals surface area contributed by atoms with Crippen LogP contribution < -0.4 is 5.48 Å². The fourth-order valence-corrected chi connectivity index (χ4v) is 2.00. The van der Waals surface area contributed by atoms with E-state index in [1.54, 1.807) is 12.2 Å². The second-order valence-electron chi connectivity index (χ2n) is 4.69. The molecule has 0 aliphatic heterocycles.